The molecular formula is C33H48N2O2. The second-order valence-corrected chi connectivity index (χ2v) is 12.8. The van der Waals surface area contributed by atoms with Crippen molar-refractivity contribution >= 4 is 12.4 Å². The molecule has 3 rings (SSSR count). The Hall–Kier alpha value is -2.62. The minimum Gasteiger partial charge on any atom is -0.507 e. The van der Waals surface area contributed by atoms with E-state index in [2.05, 4.69) is 79.7 Å². The highest BCUT2D eigenvalue weighted by Gasteiger charge is 2.27. The number of rotatable bonds is 8. The van der Waals surface area contributed by atoms with E-state index in [1.807, 2.05) is 12.4 Å². The van der Waals surface area contributed by atoms with Crippen LogP contribution in [0.3, 0.4) is 0 Å². The number of phenols is 2. The topological polar surface area (TPSA) is 65.2 Å². The second kappa shape index (κ2) is 11.8. The zero-order valence-corrected chi connectivity index (χ0v) is 24.4. The Morgan fingerprint density at radius 1 is 0.703 bits per heavy atom. The van der Waals surface area contributed by atoms with Crippen molar-refractivity contribution in [3.05, 3.63) is 57.6 Å². The van der Waals surface area contributed by atoms with Gasteiger partial charge in [-0.25, -0.2) is 0 Å². The molecule has 37 heavy (non-hydrogen) atoms. The van der Waals surface area contributed by atoms with Crippen LogP contribution in [0.1, 0.15) is 121 Å². The van der Waals surface area contributed by atoms with Crippen LogP contribution < -0.4 is 0 Å². The summed E-state index contributed by atoms with van der Waals surface area (Å²) in [5.74, 6) is 0.669. The van der Waals surface area contributed by atoms with Crippen LogP contribution in [0, 0.1) is 0 Å². The number of hydrogen-bond acceptors (Lipinski definition) is 4. The van der Waals surface area contributed by atoms with Gasteiger partial charge in [-0.15, -0.1) is 0 Å². The minimum atomic E-state index is -0.142. The van der Waals surface area contributed by atoms with Crippen LogP contribution in [0.25, 0.3) is 0 Å². The van der Waals surface area contributed by atoms with Gasteiger partial charge in [0.1, 0.15) is 11.5 Å². The fourth-order valence-electron chi connectivity index (χ4n) is 5.27. The van der Waals surface area contributed by atoms with Crippen LogP contribution in [0.5, 0.6) is 11.5 Å². The van der Waals surface area contributed by atoms with E-state index in [-0.39, 0.29) is 22.9 Å². The molecule has 2 unspecified atom stereocenters. The molecule has 1 fully saturated rings. The van der Waals surface area contributed by atoms with Crippen LogP contribution in [0.2, 0.25) is 0 Å². The maximum Gasteiger partial charge on any atom is 0.128 e. The fraction of sp³-hybridized carbons (Fsp3) is 0.576. The van der Waals surface area contributed by atoms with Gasteiger partial charge in [-0.1, -0.05) is 80.4 Å². The number of benzene rings is 2. The number of phenolic OH excluding ortho intramolecular Hbond substituents is 2. The lowest BCUT2D eigenvalue weighted by molar-refractivity contribution is 0.444. The highest BCUT2D eigenvalue weighted by atomic mass is 16.3. The summed E-state index contributed by atoms with van der Waals surface area (Å²) in [6.07, 6.45) is 10.9. The Morgan fingerprint density at radius 3 is 1.41 bits per heavy atom. The van der Waals surface area contributed by atoms with Gasteiger partial charge in [-0.3, -0.25) is 9.98 Å². The van der Waals surface area contributed by atoms with Crippen molar-refractivity contribution in [2.24, 2.45) is 9.98 Å². The largest absolute Gasteiger partial charge is 0.507 e. The lowest BCUT2D eigenvalue weighted by atomic mass is 9.83. The summed E-state index contributed by atoms with van der Waals surface area (Å²) < 4.78 is 0. The lowest BCUT2D eigenvalue weighted by Gasteiger charge is -2.23. The van der Waals surface area contributed by atoms with E-state index in [1.165, 1.54) is 11.1 Å². The molecule has 0 heterocycles. The number of aliphatic imine (C=N–C) groups is 2. The van der Waals surface area contributed by atoms with Gasteiger partial charge in [0.2, 0.25) is 0 Å². The summed E-state index contributed by atoms with van der Waals surface area (Å²) >= 11 is 0. The Bertz CT molecular complexity index is 1040. The van der Waals surface area contributed by atoms with Crippen LogP contribution in [0.15, 0.2) is 34.3 Å². The normalized spacial score (nSPS) is 18.9. The van der Waals surface area contributed by atoms with Crippen molar-refractivity contribution in [2.75, 3.05) is 0 Å². The molecule has 202 valence electrons. The third kappa shape index (κ3) is 7.24. The van der Waals surface area contributed by atoms with Crippen LogP contribution >= 0.6 is 0 Å². The van der Waals surface area contributed by atoms with E-state index in [4.69, 9.17) is 9.98 Å². The molecule has 2 aromatic rings. The minimum absolute atomic E-state index is 0.0756. The number of nitrogens with zero attached hydrogens (tertiary/aromatic N) is 2. The fourth-order valence-corrected chi connectivity index (χ4v) is 5.27. The first-order valence-electron chi connectivity index (χ1n) is 14.1. The summed E-state index contributed by atoms with van der Waals surface area (Å²) in [4.78, 5) is 9.87. The summed E-state index contributed by atoms with van der Waals surface area (Å²) in [7, 11) is 0. The first-order valence-corrected chi connectivity index (χ1v) is 14.1. The highest BCUT2D eigenvalue weighted by molar-refractivity contribution is 5.86. The molecule has 0 aromatic heterocycles. The number of aromatic hydroxyl groups is 2. The van der Waals surface area contributed by atoms with Gasteiger partial charge in [0.05, 0.1) is 12.1 Å². The molecule has 0 bridgehead atoms. The molecule has 1 saturated carbocycles. The van der Waals surface area contributed by atoms with E-state index in [1.54, 1.807) is 0 Å². The summed E-state index contributed by atoms with van der Waals surface area (Å²) in [6.45, 7) is 17.2. The van der Waals surface area contributed by atoms with E-state index in [9.17, 15) is 10.2 Å². The second-order valence-electron chi connectivity index (χ2n) is 12.8. The van der Waals surface area contributed by atoms with E-state index >= 15 is 0 Å². The van der Waals surface area contributed by atoms with Crippen molar-refractivity contribution in [1.29, 1.82) is 0 Å². The first-order chi connectivity index (χ1) is 17.3. The molecule has 4 nitrogen and oxygen atoms in total. The highest BCUT2D eigenvalue weighted by Crippen LogP contribution is 2.36. The first kappa shape index (κ1) is 28.9. The smallest absolute Gasteiger partial charge is 0.128 e. The predicted octanol–water partition coefficient (Wildman–Crippen LogP) is 8.06. The SMILES string of the molecule is CCCc1cc(C=NC2CCCC2N=Cc2cc(CCC)cc(C(C)(C)C)c2O)c(O)c(C(C)(C)C)c1. The van der Waals surface area contributed by atoms with E-state index in [0.717, 1.165) is 67.2 Å². The standard InChI is InChI=1S/C33H48N2O2/c1-9-12-22-16-24(30(36)26(18-22)32(3,4)5)20-34-28-14-11-15-29(28)35-21-25-17-23(13-10-2)19-27(31(25)37)33(6,7)8/h16-21,28-29,36-37H,9-15H2,1-8H3. The van der Waals surface area contributed by atoms with Gasteiger partial charge in [0.25, 0.3) is 0 Å². The molecule has 4 heteroatoms. The molecule has 2 aromatic carbocycles. The molecule has 0 radical (unpaired) electrons. The predicted molar refractivity (Wildman–Crippen MR) is 158 cm³/mol. The van der Waals surface area contributed by atoms with Crippen molar-refractivity contribution in [2.45, 2.75) is 123 Å². The van der Waals surface area contributed by atoms with Gasteiger partial charge >= 0.3 is 0 Å². The third-order valence-electron chi connectivity index (χ3n) is 7.35. The monoisotopic (exact) mass is 504 g/mol. The van der Waals surface area contributed by atoms with Crippen LogP contribution in [-0.4, -0.2) is 34.7 Å². The molecular weight excluding hydrogens is 456 g/mol. The lowest BCUT2D eigenvalue weighted by Crippen LogP contribution is -2.17. The zero-order chi connectivity index (χ0) is 27.4. The molecule has 0 saturated heterocycles. The van der Waals surface area contributed by atoms with Crippen molar-refractivity contribution < 1.29 is 10.2 Å². The maximum absolute atomic E-state index is 11.1. The maximum atomic E-state index is 11.1. The zero-order valence-electron chi connectivity index (χ0n) is 24.4. The molecule has 0 aliphatic heterocycles. The van der Waals surface area contributed by atoms with E-state index in [0.29, 0.717) is 11.5 Å². The summed E-state index contributed by atoms with van der Waals surface area (Å²) in [5, 5.41) is 22.1. The molecule has 2 atom stereocenters. The average Bonchev–Trinajstić information content (AvgIpc) is 3.25. The molecule has 0 amide bonds. The van der Waals surface area contributed by atoms with Crippen LogP contribution in [-0.2, 0) is 23.7 Å². The molecule has 0 spiro atoms. The van der Waals surface area contributed by atoms with Gasteiger partial charge in [0, 0.05) is 34.7 Å². The van der Waals surface area contributed by atoms with Crippen molar-refractivity contribution in [1.82, 2.24) is 0 Å². The summed E-state index contributed by atoms with van der Waals surface area (Å²) in [6, 6.07) is 8.60. The Kier molecular flexibility index (Phi) is 9.26. The van der Waals surface area contributed by atoms with Gasteiger partial charge in [0.15, 0.2) is 0 Å². The van der Waals surface area contributed by atoms with Gasteiger partial charge < -0.3 is 10.2 Å². The summed E-state index contributed by atoms with van der Waals surface area (Å²) in [5.41, 5.74) is 5.73. The Balaban J connectivity index is 1.89. The number of aryl methyl sites for hydroxylation is 2. The number of hydrogen-bond donors (Lipinski definition) is 2. The van der Waals surface area contributed by atoms with Gasteiger partial charge in [-0.05, 0) is 66.2 Å². The van der Waals surface area contributed by atoms with Crippen LogP contribution in [0.4, 0.5) is 0 Å². The Morgan fingerprint density at radius 2 is 1.08 bits per heavy atom. The Labute approximate surface area is 225 Å². The molecule has 1 aliphatic carbocycles. The van der Waals surface area contributed by atoms with Crippen molar-refractivity contribution in [3.8, 4) is 11.5 Å². The average molecular weight is 505 g/mol. The quantitative estimate of drug-likeness (QED) is 0.357. The van der Waals surface area contributed by atoms with Gasteiger partial charge in [-0.2, -0.15) is 0 Å². The van der Waals surface area contributed by atoms with Crippen molar-refractivity contribution in [3.63, 3.8) is 0 Å². The van der Waals surface area contributed by atoms with E-state index < -0.39 is 0 Å². The molecule has 1 aliphatic rings. The third-order valence-corrected chi connectivity index (χ3v) is 7.35. The molecule has 2 N–H and O–H groups in total.